The molecule has 0 saturated carbocycles. The second-order valence-corrected chi connectivity index (χ2v) is 3.11. The van der Waals surface area contributed by atoms with Gasteiger partial charge < -0.3 is 9.47 Å². The number of carbonyl (C=O) groups excluding carboxylic acids is 1. The summed E-state index contributed by atoms with van der Waals surface area (Å²) in [5, 5.41) is 0. The van der Waals surface area contributed by atoms with E-state index < -0.39 is 18.7 Å². The summed E-state index contributed by atoms with van der Waals surface area (Å²) in [6, 6.07) is 0. The molecule has 0 heterocycles. The molecule has 0 unspecified atom stereocenters. The topological polar surface area (TPSA) is 47.9 Å². The highest BCUT2D eigenvalue weighted by atomic mass is 19.4. The number of hydrogen-bond acceptors (Lipinski definition) is 3. The van der Waals surface area contributed by atoms with E-state index in [4.69, 9.17) is 4.74 Å². The van der Waals surface area contributed by atoms with E-state index in [1.165, 1.54) is 0 Å². The van der Waals surface area contributed by atoms with Crippen LogP contribution in [-0.4, -0.2) is 31.4 Å². The van der Waals surface area contributed by atoms with Gasteiger partial charge in [0.15, 0.2) is 5.90 Å². The molecule has 4 nitrogen and oxygen atoms in total. The van der Waals surface area contributed by atoms with E-state index in [9.17, 15) is 18.0 Å². The molecule has 0 aromatic carbocycles. The van der Waals surface area contributed by atoms with E-state index >= 15 is 0 Å². The minimum absolute atomic E-state index is 0.0183. The van der Waals surface area contributed by atoms with Gasteiger partial charge in [0, 0.05) is 12.8 Å². The van der Waals surface area contributed by atoms with Crippen molar-refractivity contribution in [3.05, 3.63) is 0 Å². The molecule has 0 rings (SSSR count). The van der Waals surface area contributed by atoms with Crippen LogP contribution >= 0.6 is 0 Å². The molecule has 0 radical (unpaired) electrons. The molecule has 1 amide bonds. The van der Waals surface area contributed by atoms with Gasteiger partial charge in [0.2, 0.25) is 0 Å². The molecule has 0 bridgehead atoms. The number of carbonyl (C=O) groups is 1. The van der Waals surface area contributed by atoms with Gasteiger partial charge in [0.25, 0.3) is 0 Å². The monoisotopic (exact) mass is 255 g/mol. The summed E-state index contributed by atoms with van der Waals surface area (Å²) < 4.78 is 45.2. The lowest BCUT2D eigenvalue weighted by Gasteiger charge is -2.08. The highest BCUT2D eigenvalue weighted by molar-refractivity contribution is 5.87. The van der Waals surface area contributed by atoms with Crippen molar-refractivity contribution in [1.29, 1.82) is 0 Å². The molecule has 0 atom stereocenters. The number of amides is 1. The smallest absolute Gasteiger partial charge is 0.436 e. The van der Waals surface area contributed by atoms with Crippen molar-refractivity contribution < 1.29 is 27.4 Å². The molecule has 0 spiro atoms. The summed E-state index contributed by atoms with van der Waals surface area (Å²) in [6.45, 7) is 3.66. The van der Waals surface area contributed by atoms with Crippen LogP contribution in [0.5, 0.6) is 0 Å². The van der Waals surface area contributed by atoms with Crippen LogP contribution in [0.1, 0.15) is 33.1 Å². The predicted octanol–water partition coefficient (Wildman–Crippen LogP) is 3.31. The molecule has 0 aliphatic heterocycles. The summed E-state index contributed by atoms with van der Waals surface area (Å²) in [5.74, 6) is -0.0183. The van der Waals surface area contributed by atoms with E-state index in [1.807, 2.05) is 0 Å². The summed E-state index contributed by atoms with van der Waals surface area (Å²) in [7, 11) is 0. The zero-order valence-electron chi connectivity index (χ0n) is 9.84. The Morgan fingerprint density at radius 1 is 1.18 bits per heavy atom. The first-order chi connectivity index (χ1) is 7.89. The van der Waals surface area contributed by atoms with Crippen LogP contribution in [0.25, 0.3) is 0 Å². The van der Waals surface area contributed by atoms with E-state index in [0.717, 1.165) is 0 Å². The average molecular weight is 255 g/mol. The van der Waals surface area contributed by atoms with E-state index in [-0.39, 0.29) is 32.0 Å². The molecular weight excluding hydrogens is 239 g/mol. The van der Waals surface area contributed by atoms with Gasteiger partial charge in [-0.2, -0.15) is 13.2 Å². The summed E-state index contributed by atoms with van der Waals surface area (Å²) in [6.07, 6.45) is -6.18. The number of hydrogen-bond donors (Lipinski definition) is 0. The lowest BCUT2D eigenvalue weighted by Crippen LogP contribution is -2.12. The maximum Gasteiger partial charge on any atom is 0.436 e. The normalized spacial score (nSPS) is 12.4. The third-order valence-electron chi connectivity index (χ3n) is 1.65. The molecule has 0 fully saturated rings. The Morgan fingerprint density at radius 3 is 2.24 bits per heavy atom. The van der Waals surface area contributed by atoms with Gasteiger partial charge in [0.05, 0.1) is 13.2 Å². The molecule has 17 heavy (non-hydrogen) atoms. The van der Waals surface area contributed by atoms with Gasteiger partial charge in [-0.15, -0.1) is 4.99 Å². The van der Waals surface area contributed by atoms with E-state index in [0.29, 0.717) is 0 Å². The van der Waals surface area contributed by atoms with Crippen molar-refractivity contribution in [3.8, 4) is 0 Å². The second-order valence-electron chi connectivity index (χ2n) is 3.11. The Hall–Kier alpha value is -1.27. The molecule has 7 heteroatoms. The summed E-state index contributed by atoms with van der Waals surface area (Å²) in [4.78, 5) is 14.4. The lowest BCUT2D eigenvalue weighted by atomic mass is 10.2. The number of halogens is 3. The Morgan fingerprint density at radius 2 is 1.76 bits per heavy atom. The average Bonchev–Trinajstić information content (AvgIpc) is 2.16. The maximum atomic E-state index is 11.9. The van der Waals surface area contributed by atoms with E-state index in [2.05, 4.69) is 9.73 Å². The number of aliphatic imine (C=N–C) groups is 1. The largest absolute Gasteiger partial charge is 0.481 e. The van der Waals surface area contributed by atoms with Crippen molar-refractivity contribution in [1.82, 2.24) is 0 Å². The van der Waals surface area contributed by atoms with Crippen molar-refractivity contribution in [2.24, 2.45) is 4.99 Å². The number of rotatable bonds is 5. The Kier molecular flexibility index (Phi) is 7.32. The molecule has 100 valence electrons. The Bertz CT molecular complexity index is 264. The van der Waals surface area contributed by atoms with Crippen LogP contribution in [0.2, 0.25) is 0 Å². The van der Waals surface area contributed by atoms with Gasteiger partial charge in [-0.3, -0.25) is 0 Å². The number of nitrogens with zero attached hydrogens (tertiary/aromatic N) is 1. The Labute approximate surface area is 97.8 Å². The van der Waals surface area contributed by atoms with E-state index in [1.54, 1.807) is 13.8 Å². The van der Waals surface area contributed by atoms with Crippen LogP contribution in [0.3, 0.4) is 0 Å². The maximum absolute atomic E-state index is 11.9. The lowest BCUT2D eigenvalue weighted by molar-refractivity contribution is -0.135. The van der Waals surface area contributed by atoms with Gasteiger partial charge in [-0.25, -0.2) is 4.79 Å². The second kappa shape index (κ2) is 7.92. The Balaban J connectivity index is 4.19. The van der Waals surface area contributed by atoms with Crippen molar-refractivity contribution in [2.75, 3.05) is 13.2 Å². The molecule has 0 aromatic heterocycles. The van der Waals surface area contributed by atoms with Gasteiger partial charge in [-0.1, -0.05) is 0 Å². The fourth-order valence-corrected chi connectivity index (χ4v) is 1.02. The summed E-state index contributed by atoms with van der Waals surface area (Å²) >= 11 is 0. The third-order valence-corrected chi connectivity index (χ3v) is 1.65. The van der Waals surface area contributed by atoms with Gasteiger partial charge >= 0.3 is 12.3 Å². The van der Waals surface area contributed by atoms with Gasteiger partial charge in [-0.05, 0) is 20.3 Å². The predicted molar refractivity (Wildman–Crippen MR) is 56.0 cm³/mol. The number of ether oxygens (including phenoxy) is 2. The molecule has 0 aliphatic rings. The first-order valence-electron chi connectivity index (χ1n) is 5.33. The van der Waals surface area contributed by atoms with Crippen molar-refractivity contribution >= 4 is 12.0 Å². The minimum Gasteiger partial charge on any atom is -0.481 e. The molecule has 0 N–H and O–H groups in total. The van der Waals surface area contributed by atoms with Crippen LogP contribution in [0.15, 0.2) is 4.99 Å². The van der Waals surface area contributed by atoms with Crippen molar-refractivity contribution in [2.45, 2.75) is 39.3 Å². The highest BCUT2D eigenvalue weighted by Gasteiger charge is 2.26. The fourth-order valence-electron chi connectivity index (χ4n) is 1.02. The zero-order chi connectivity index (χ0) is 13.3. The van der Waals surface area contributed by atoms with Crippen LogP contribution in [0, 0.1) is 0 Å². The first-order valence-corrected chi connectivity index (χ1v) is 5.33. The highest BCUT2D eigenvalue weighted by Crippen LogP contribution is 2.22. The van der Waals surface area contributed by atoms with Crippen LogP contribution in [0.4, 0.5) is 18.0 Å². The van der Waals surface area contributed by atoms with Crippen molar-refractivity contribution in [3.63, 3.8) is 0 Å². The molecular formula is C10H16F3NO3. The summed E-state index contributed by atoms with van der Waals surface area (Å²) in [5.41, 5.74) is 0. The van der Waals surface area contributed by atoms with Crippen LogP contribution < -0.4 is 0 Å². The fraction of sp³-hybridized carbons (Fsp3) is 0.800. The van der Waals surface area contributed by atoms with Gasteiger partial charge in [0.1, 0.15) is 0 Å². The molecule has 0 aliphatic carbocycles. The molecule has 0 aromatic rings. The standard InChI is InChI=1S/C10H16F3NO3/c1-3-16-8(14-9(15)17-4-2)6-5-7-10(11,12)13/h3-7H2,1-2H3/b14-8+. The SMILES string of the molecule is CCOC(=O)/N=C(\CCCC(F)(F)F)OCC. The quantitative estimate of drug-likeness (QED) is 0.559. The number of alkyl halides is 3. The third kappa shape index (κ3) is 9.65. The van der Waals surface area contributed by atoms with Crippen LogP contribution in [-0.2, 0) is 9.47 Å². The molecule has 0 saturated heterocycles. The zero-order valence-corrected chi connectivity index (χ0v) is 9.84. The first kappa shape index (κ1) is 15.7. The minimum atomic E-state index is -4.21.